The van der Waals surface area contributed by atoms with Gasteiger partial charge in [-0.2, -0.15) is 0 Å². The van der Waals surface area contributed by atoms with Crippen molar-refractivity contribution in [2.45, 2.75) is 38.7 Å². The fraction of sp³-hybridized carbons (Fsp3) is 0.389. The third-order valence-corrected chi connectivity index (χ3v) is 4.70. The van der Waals surface area contributed by atoms with E-state index in [0.29, 0.717) is 11.2 Å². The molecule has 2 atom stereocenters. The number of nitrogens with zero attached hydrogens (tertiary/aromatic N) is 2. The maximum atomic E-state index is 12.8. The van der Waals surface area contributed by atoms with Crippen LogP contribution in [0.4, 0.5) is 5.69 Å². The third-order valence-electron chi connectivity index (χ3n) is 4.70. The van der Waals surface area contributed by atoms with Crippen molar-refractivity contribution in [3.63, 3.8) is 0 Å². The Bertz CT molecular complexity index is 945. The Labute approximate surface area is 149 Å². The van der Waals surface area contributed by atoms with Gasteiger partial charge >= 0.3 is 0 Å². The van der Waals surface area contributed by atoms with Crippen LogP contribution in [0.3, 0.4) is 0 Å². The number of hydrogen-bond acceptors (Lipinski definition) is 6. The molecule has 0 spiro atoms. The van der Waals surface area contributed by atoms with Gasteiger partial charge in [-0.25, -0.2) is 4.98 Å². The van der Waals surface area contributed by atoms with Crippen LogP contribution in [0.25, 0.3) is 11.0 Å². The molecule has 8 heteroatoms. The standard InChI is InChI=1S/C18H19N3O5/c1-9(22)14-15(13-7-25-18(2,3)26-13)21(17(24)16(14)23)10-4-5-11-12(6-10)20-8-19-11/h4-6,8,13,15,23H,7H2,1-3H3,(H,19,20). The number of carbonyl (C=O) groups is 2. The molecule has 1 fully saturated rings. The first-order valence-electron chi connectivity index (χ1n) is 8.31. The number of Topliss-reactive ketones (excluding diaryl/α,β-unsaturated/α-hetero) is 1. The largest absolute Gasteiger partial charge is 0.503 e. The highest BCUT2D eigenvalue weighted by Gasteiger charge is 2.50. The second kappa shape index (κ2) is 5.65. The van der Waals surface area contributed by atoms with Crippen molar-refractivity contribution in [2.24, 2.45) is 0 Å². The minimum Gasteiger partial charge on any atom is -0.503 e. The molecule has 1 amide bonds. The average molecular weight is 357 g/mol. The van der Waals surface area contributed by atoms with E-state index in [2.05, 4.69) is 9.97 Å². The highest BCUT2D eigenvalue weighted by molar-refractivity contribution is 6.16. The number of benzene rings is 1. The molecule has 2 aliphatic rings. The van der Waals surface area contributed by atoms with E-state index in [4.69, 9.17) is 9.47 Å². The van der Waals surface area contributed by atoms with Crippen LogP contribution in [-0.4, -0.2) is 51.3 Å². The van der Waals surface area contributed by atoms with Crippen molar-refractivity contribution < 1.29 is 24.2 Å². The summed E-state index contributed by atoms with van der Waals surface area (Å²) < 4.78 is 11.5. The number of rotatable bonds is 3. The molecule has 8 nitrogen and oxygen atoms in total. The number of aromatic nitrogens is 2. The molecular formula is C18H19N3O5. The van der Waals surface area contributed by atoms with Crippen molar-refractivity contribution in [3.8, 4) is 0 Å². The van der Waals surface area contributed by atoms with Gasteiger partial charge in [0.2, 0.25) is 0 Å². The smallest absolute Gasteiger partial charge is 0.294 e. The first-order chi connectivity index (χ1) is 12.3. The lowest BCUT2D eigenvalue weighted by Gasteiger charge is -2.30. The van der Waals surface area contributed by atoms with Crippen molar-refractivity contribution in [1.29, 1.82) is 0 Å². The van der Waals surface area contributed by atoms with Gasteiger partial charge in [0, 0.05) is 5.69 Å². The fourth-order valence-corrected chi connectivity index (χ4v) is 3.57. The zero-order chi connectivity index (χ0) is 18.6. The van der Waals surface area contributed by atoms with Gasteiger partial charge in [0.1, 0.15) is 6.10 Å². The number of hydrogen-bond donors (Lipinski definition) is 2. The van der Waals surface area contributed by atoms with Gasteiger partial charge < -0.3 is 19.6 Å². The molecule has 26 heavy (non-hydrogen) atoms. The van der Waals surface area contributed by atoms with E-state index >= 15 is 0 Å². The molecule has 2 aromatic rings. The number of amides is 1. The molecule has 0 radical (unpaired) electrons. The molecule has 3 heterocycles. The number of fused-ring (bicyclic) bond motifs is 1. The summed E-state index contributed by atoms with van der Waals surface area (Å²) >= 11 is 0. The minimum absolute atomic E-state index is 0.0448. The van der Waals surface area contributed by atoms with E-state index in [1.54, 1.807) is 38.4 Å². The molecule has 1 aromatic heterocycles. The zero-order valence-corrected chi connectivity index (χ0v) is 14.6. The van der Waals surface area contributed by atoms with E-state index in [0.717, 1.165) is 5.52 Å². The Morgan fingerprint density at radius 1 is 1.42 bits per heavy atom. The summed E-state index contributed by atoms with van der Waals surface area (Å²) in [5, 5.41) is 10.3. The normalized spacial score (nSPS) is 25.5. The minimum atomic E-state index is -0.828. The van der Waals surface area contributed by atoms with Crippen LogP contribution in [-0.2, 0) is 19.1 Å². The topological polar surface area (TPSA) is 105 Å². The number of nitrogens with one attached hydrogen (secondary N) is 1. The number of aromatic amines is 1. The van der Waals surface area contributed by atoms with Crippen LogP contribution in [0.15, 0.2) is 35.9 Å². The van der Waals surface area contributed by atoms with Crippen molar-refractivity contribution in [1.82, 2.24) is 9.97 Å². The van der Waals surface area contributed by atoms with Crippen molar-refractivity contribution >= 4 is 28.4 Å². The molecule has 2 aliphatic heterocycles. The van der Waals surface area contributed by atoms with E-state index < -0.39 is 29.6 Å². The van der Waals surface area contributed by atoms with Gasteiger partial charge in [-0.3, -0.25) is 14.5 Å². The predicted molar refractivity (Wildman–Crippen MR) is 92.6 cm³/mol. The number of ether oxygens (including phenoxy) is 2. The third kappa shape index (κ3) is 2.49. The lowest BCUT2D eigenvalue weighted by atomic mass is 9.99. The maximum Gasteiger partial charge on any atom is 0.294 e. The Morgan fingerprint density at radius 2 is 2.19 bits per heavy atom. The lowest BCUT2D eigenvalue weighted by molar-refractivity contribution is -0.140. The van der Waals surface area contributed by atoms with E-state index in [9.17, 15) is 14.7 Å². The summed E-state index contributed by atoms with van der Waals surface area (Å²) in [5.41, 5.74) is 2.07. The number of anilines is 1. The molecule has 4 rings (SSSR count). The maximum absolute atomic E-state index is 12.8. The summed E-state index contributed by atoms with van der Waals surface area (Å²) in [7, 11) is 0. The van der Waals surface area contributed by atoms with Gasteiger partial charge in [-0.1, -0.05) is 0 Å². The van der Waals surface area contributed by atoms with Gasteiger partial charge in [-0.15, -0.1) is 0 Å². The monoisotopic (exact) mass is 357 g/mol. The zero-order valence-electron chi connectivity index (χ0n) is 14.6. The number of ketones is 1. The molecular weight excluding hydrogens is 338 g/mol. The summed E-state index contributed by atoms with van der Waals surface area (Å²) in [4.78, 5) is 33.5. The number of aliphatic hydroxyl groups excluding tert-OH is 1. The molecule has 1 saturated heterocycles. The van der Waals surface area contributed by atoms with Gasteiger partial charge in [-0.05, 0) is 39.0 Å². The van der Waals surface area contributed by atoms with Crippen LogP contribution < -0.4 is 4.90 Å². The molecule has 2 unspecified atom stereocenters. The fourth-order valence-electron chi connectivity index (χ4n) is 3.57. The predicted octanol–water partition coefficient (Wildman–Crippen LogP) is 1.83. The Morgan fingerprint density at radius 3 is 2.85 bits per heavy atom. The Hall–Kier alpha value is -2.71. The second-order valence-corrected chi connectivity index (χ2v) is 6.91. The van der Waals surface area contributed by atoms with Gasteiger partial charge in [0.15, 0.2) is 17.3 Å². The SMILES string of the molecule is CC(=O)C1=C(O)C(=O)N(c2ccc3[nH]cnc3c2)C1C1COC(C)(C)O1. The number of aliphatic hydroxyl groups is 1. The Kier molecular flexibility index (Phi) is 3.64. The molecule has 136 valence electrons. The molecule has 0 bridgehead atoms. The lowest BCUT2D eigenvalue weighted by Crippen LogP contribution is -2.46. The van der Waals surface area contributed by atoms with Crippen molar-refractivity contribution in [2.75, 3.05) is 11.5 Å². The molecule has 0 saturated carbocycles. The summed E-state index contributed by atoms with van der Waals surface area (Å²) in [6, 6.07) is 4.50. The van der Waals surface area contributed by atoms with E-state index in [1.807, 2.05) is 0 Å². The first kappa shape index (κ1) is 16.7. The van der Waals surface area contributed by atoms with E-state index in [-0.39, 0.29) is 18.0 Å². The molecule has 2 N–H and O–H groups in total. The number of imidazole rings is 1. The molecule has 1 aromatic carbocycles. The first-order valence-corrected chi connectivity index (χ1v) is 8.31. The highest BCUT2D eigenvalue weighted by Crippen LogP contribution is 2.38. The quantitative estimate of drug-likeness (QED) is 0.868. The number of carbonyl (C=O) groups excluding carboxylic acids is 2. The van der Waals surface area contributed by atoms with Crippen LogP contribution in [0, 0.1) is 0 Å². The van der Waals surface area contributed by atoms with Gasteiger partial charge in [0.05, 0.1) is 35.6 Å². The molecule has 0 aliphatic carbocycles. The summed E-state index contributed by atoms with van der Waals surface area (Å²) in [6.07, 6.45) is 0.984. The summed E-state index contributed by atoms with van der Waals surface area (Å²) in [6.45, 7) is 5.06. The van der Waals surface area contributed by atoms with Gasteiger partial charge in [0.25, 0.3) is 5.91 Å². The average Bonchev–Trinajstić information content (AvgIpc) is 3.24. The highest BCUT2D eigenvalue weighted by atomic mass is 16.7. The Balaban J connectivity index is 1.81. The van der Waals surface area contributed by atoms with Crippen LogP contribution in [0.5, 0.6) is 0 Å². The van der Waals surface area contributed by atoms with Crippen LogP contribution >= 0.6 is 0 Å². The summed E-state index contributed by atoms with van der Waals surface area (Å²) in [5.74, 6) is -2.38. The van der Waals surface area contributed by atoms with E-state index in [1.165, 1.54) is 11.8 Å². The second-order valence-electron chi connectivity index (χ2n) is 6.91. The number of H-pyrrole nitrogens is 1. The van der Waals surface area contributed by atoms with Crippen LogP contribution in [0.2, 0.25) is 0 Å². The van der Waals surface area contributed by atoms with Crippen LogP contribution in [0.1, 0.15) is 20.8 Å². The van der Waals surface area contributed by atoms with Crippen molar-refractivity contribution in [3.05, 3.63) is 35.9 Å².